The summed E-state index contributed by atoms with van der Waals surface area (Å²) in [4.78, 5) is 14.8. The standard InChI is InChI=1S/C12H18BrN3O2/c1-8(2)4-10(14-3)6-11-12(16(17)18)5-9(13)7-15-11/h5,7-8,10,14H,4,6H2,1-3H3. The van der Waals surface area contributed by atoms with Gasteiger partial charge in [-0.15, -0.1) is 0 Å². The molecule has 0 saturated heterocycles. The quantitative estimate of drug-likeness (QED) is 0.647. The van der Waals surface area contributed by atoms with Crippen LogP contribution in [0.5, 0.6) is 0 Å². The van der Waals surface area contributed by atoms with Gasteiger partial charge in [0.25, 0.3) is 5.69 Å². The fourth-order valence-corrected chi connectivity index (χ4v) is 2.20. The van der Waals surface area contributed by atoms with E-state index in [1.807, 2.05) is 7.05 Å². The number of hydrogen-bond acceptors (Lipinski definition) is 4. The molecular weight excluding hydrogens is 298 g/mol. The maximum atomic E-state index is 11.0. The Balaban J connectivity index is 2.91. The molecule has 0 aliphatic carbocycles. The summed E-state index contributed by atoms with van der Waals surface area (Å²) in [5, 5.41) is 14.2. The maximum Gasteiger partial charge on any atom is 0.291 e. The first-order chi connectivity index (χ1) is 8.43. The van der Waals surface area contributed by atoms with E-state index in [1.54, 1.807) is 6.20 Å². The van der Waals surface area contributed by atoms with Crippen LogP contribution in [0.4, 0.5) is 5.69 Å². The fourth-order valence-electron chi connectivity index (χ4n) is 1.88. The van der Waals surface area contributed by atoms with Gasteiger partial charge in [0.2, 0.25) is 0 Å². The Morgan fingerprint density at radius 2 is 2.22 bits per heavy atom. The Bertz CT molecular complexity index is 424. The average molecular weight is 316 g/mol. The van der Waals surface area contributed by atoms with Crippen molar-refractivity contribution in [1.82, 2.24) is 10.3 Å². The molecular formula is C12H18BrN3O2. The molecule has 100 valence electrons. The van der Waals surface area contributed by atoms with E-state index in [9.17, 15) is 10.1 Å². The maximum absolute atomic E-state index is 11.0. The van der Waals surface area contributed by atoms with Gasteiger partial charge in [0, 0.05) is 29.2 Å². The zero-order chi connectivity index (χ0) is 13.7. The highest BCUT2D eigenvalue weighted by atomic mass is 79.9. The van der Waals surface area contributed by atoms with E-state index in [1.165, 1.54) is 6.07 Å². The number of halogens is 1. The van der Waals surface area contributed by atoms with Crippen LogP contribution < -0.4 is 5.32 Å². The number of nitrogens with one attached hydrogen (secondary N) is 1. The third kappa shape index (κ3) is 4.34. The highest BCUT2D eigenvalue weighted by Gasteiger charge is 2.19. The molecule has 5 nitrogen and oxygen atoms in total. The van der Waals surface area contributed by atoms with Crippen LogP contribution in [-0.2, 0) is 6.42 Å². The predicted octanol–water partition coefficient (Wildman–Crippen LogP) is 2.93. The van der Waals surface area contributed by atoms with E-state index in [-0.39, 0.29) is 16.7 Å². The van der Waals surface area contributed by atoms with Crippen LogP contribution in [0.15, 0.2) is 16.7 Å². The van der Waals surface area contributed by atoms with Crippen molar-refractivity contribution in [1.29, 1.82) is 0 Å². The summed E-state index contributed by atoms with van der Waals surface area (Å²) in [5.41, 5.74) is 0.608. The van der Waals surface area contributed by atoms with Gasteiger partial charge >= 0.3 is 0 Å². The van der Waals surface area contributed by atoms with Crippen molar-refractivity contribution in [2.24, 2.45) is 5.92 Å². The lowest BCUT2D eigenvalue weighted by Gasteiger charge is -2.17. The van der Waals surface area contributed by atoms with Crippen molar-refractivity contribution in [2.45, 2.75) is 32.7 Å². The Kier molecular flexibility index (Phi) is 5.68. The molecule has 0 bridgehead atoms. The molecule has 0 saturated carbocycles. The van der Waals surface area contributed by atoms with Gasteiger partial charge in [-0.3, -0.25) is 15.1 Å². The molecule has 0 aliphatic rings. The van der Waals surface area contributed by atoms with Crippen LogP contribution in [0.1, 0.15) is 26.0 Å². The van der Waals surface area contributed by atoms with Gasteiger partial charge in [-0.2, -0.15) is 0 Å². The molecule has 0 fully saturated rings. The summed E-state index contributed by atoms with van der Waals surface area (Å²) in [6, 6.07) is 1.71. The van der Waals surface area contributed by atoms with Crippen molar-refractivity contribution < 1.29 is 4.92 Å². The van der Waals surface area contributed by atoms with Crippen LogP contribution in [0, 0.1) is 16.0 Å². The third-order valence-corrected chi connectivity index (χ3v) is 3.15. The SMILES string of the molecule is CNC(Cc1ncc(Br)cc1[N+](=O)[O-])CC(C)C. The summed E-state index contributed by atoms with van der Waals surface area (Å²) >= 11 is 3.21. The van der Waals surface area contributed by atoms with Gasteiger partial charge in [-0.1, -0.05) is 13.8 Å². The summed E-state index contributed by atoms with van der Waals surface area (Å²) in [5.74, 6) is 0.539. The zero-order valence-electron chi connectivity index (χ0n) is 10.8. The Labute approximate surface area is 115 Å². The molecule has 0 aromatic carbocycles. The Morgan fingerprint density at radius 3 is 2.72 bits per heavy atom. The molecule has 18 heavy (non-hydrogen) atoms. The van der Waals surface area contributed by atoms with Crippen LogP contribution in [0.25, 0.3) is 0 Å². The van der Waals surface area contributed by atoms with Crippen LogP contribution >= 0.6 is 15.9 Å². The number of nitrogens with zero attached hydrogens (tertiary/aromatic N) is 2. The highest BCUT2D eigenvalue weighted by Crippen LogP contribution is 2.23. The Morgan fingerprint density at radius 1 is 1.56 bits per heavy atom. The second-order valence-electron chi connectivity index (χ2n) is 4.70. The normalized spacial score (nSPS) is 12.7. The minimum absolute atomic E-state index is 0.0772. The molecule has 0 aliphatic heterocycles. The van der Waals surface area contributed by atoms with E-state index in [0.717, 1.165) is 6.42 Å². The molecule has 1 atom stereocenters. The molecule has 1 unspecified atom stereocenters. The molecule has 0 amide bonds. The van der Waals surface area contributed by atoms with Crippen molar-refractivity contribution in [3.05, 3.63) is 32.5 Å². The molecule has 0 spiro atoms. The van der Waals surface area contributed by atoms with Gasteiger partial charge in [0.15, 0.2) is 0 Å². The minimum Gasteiger partial charge on any atom is -0.317 e. The first kappa shape index (κ1) is 15.0. The lowest BCUT2D eigenvalue weighted by Crippen LogP contribution is -2.29. The smallest absolute Gasteiger partial charge is 0.291 e. The van der Waals surface area contributed by atoms with Crippen molar-refractivity contribution in [3.8, 4) is 0 Å². The number of likely N-dealkylation sites (N-methyl/N-ethyl adjacent to an activating group) is 1. The summed E-state index contributed by atoms with van der Waals surface area (Å²) in [7, 11) is 1.87. The molecule has 1 aromatic rings. The monoisotopic (exact) mass is 315 g/mol. The molecule has 0 radical (unpaired) electrons. The first-order valence-electron chi connectivity index (χ1n) is 5.90. The van der Waals surface area contributed by atoms with Crippen molar-refractivity contribution in [2.75, 3.05) is 7.05 Å². The van der Waals surface area contributed by atoms with Crippen LogP contribution in [0.2, 0.25) is 0 Å². The van der Waals surface area contributed by atoms with Crippen LogP contribution in [0.3, 0.4) is 0 Å². The van der Waals surface area contributed by atoms with Gasteiger partial charge in [-0.25, -0.2) is 0 Å². The van der Waals surface area contributed by atoms with E-state index in [0.29, 0.717) is 22.5 Å². The molecule has 1 heterocycles. The zero-order valence-corrected chi connectivity index (χ0v) is 12.4. The molecule has 1 N–H and O–H groups in total. The largest absolute Gasteiger partial charge is 0.317 e. The van der Waals surface area contributed by atoms with E-state index < -0.39 is 0 Å². The highest BCUT2D eigenvalue weighted by molar-refractivity contribution is 9.10. The Hall–Kier alpha value is -1.01. The van der Waals surface area contributed by atoms with E-state index >= 15 is 0 Å². The lowest BCUT2D eigenvalue weighted by atomic mass is 9.99. The van der Waals surface area contributed by atoms with E-state index in [4.69, 9.17) is 0 Å². The third-order valence-electron chi connectivity index (χ3n) is 2.71. The molecule has 1 aromatic heterocycles. The van der Waals surface area contributed by atoms with Gasteiger partial charge in [0.1, 0.15) is 5.69 Å². The summed E-state index contributed by atoms with van der Waals surface area (Å²) in [6.45, 7) is 4.27. The number of rotatable bonds is 6. The molecule has 6 heteroatoms. The molecule has 1 rings (SSSR count). The minimum atomic E-state index is -0.380. The fraction of sp³-hybridized carbons (Fsp3) is 0.583. The summed E-state index contributed by atoms with van der Waals surface area (Å²) in [6.07, 6.45) is 3.13. The lowest BCUT2D eigenvalue weighted by molar-refractivity contribution is -0.386. The van der Waals surface area contributed by atoms with Crippen molar-refractivity contribution in [3.63, 3.8) is 0 Å². The average Bonchev–Trinajstić information content (AvgIpc) is 2.29. The summed E-state index contributed by atoms with van der Waals surface area (Å²) < 4.78 is 0.628. The van der Waals surface area contributed by atoms with Gasteiger partial charge in [0.05, 0.1) is 4.92 Å². The predicted molar refractivity (Wildman–Crippen MR) is 74.6 cm³/mol. The number of aromatic nitrogens is 1. The van der Waals surface area contributed by atoms with Gasteiger partial charge < -0.3 is 5.32 Å². The van der Waals surface area contributed by atoms with E-state index in [2.05, 4.69) is 40.1 Å². The van der Waals surface area contributed by atoms with Crippen molar-refractivity contribution >= 4 is 21.6 Å². The van der Waals surface area contributed by atoms with Crippen LogP contribution in [-0.4, -0.2) is 23.0 Å². The topological polar surface area (TPSA) is 68.1 Å². The number of hydrogen-bond donors (Lipinski definition) is 1. The number of pyridine rings is 1. The van der Waals surface area contributed by atoms with Gasteiger partial charge in [-0.05, 0) is 35.3 Å². The second kappa shape index (κ2) is 6.80. The number of nitro groups is 1. The first-order valence-corrected chi connectivity index (χ1v) is 6.69. The second-order valence-corrected chi connectivity index (χ2v) is 5.61.